The molecule has 1 aliphatic heterocycles. The number of carbonyl (C=O) groups is 1. The Bertz CT molecular complexity index is 707. The standard InChI is InChI=1S/C18H20FN3O/c1-13-2-7-16(12-17(13)20)21-8-10-22(11-9-21)18(23)14-3-5-15(19)6-4-14/h2-7,12H,8-11,20H2,1H3. The molecule has 0 spiro atoms. The number of aryl methyl sites for hydroxylation is 1. The zero-order valence-corrected chi connectivity index (χ0v) is 13.1. The summed E-state index contributed by atoms with van der Waals surface area (Å²) in [6, 6.07) is 11.8. The molecule has 2 aromatic rings. The number of halogens is 1. The molecule has 0 radical (unpaired) electrons. The van der Waals surface area contributed by atoms with Crippen LogP contribution in [0.3, 0.4) is 0 Å². The van der Waals surface area contributed by atoms with E-state index >= 15 is 0 Å². The van der Waals surface area contributed by atoms with E-state index in [1.807, 2.05) is 19.1 Å². The first kappa shape index (κ1) is 15.3. The third-order valence-electron chi connectivity index (χ3n) is 4.29. The number of nitrogen functional groups attached to an aromatic ring is 1. The summed E-state index contributed by atoms with van der Waals surface area (Å²) in [5.74, 6) is -0.378. The van der Waals surface area contributed by atoms with Crippen molar-refractivity contribution in [2.45, 2.75) is 6.92 Å². The first-order valence-electron chi connectivity index (χ1n) is 7.70. The molecule has 0 aromatic heterocycles. The van der Waals surface area contributed by atoms with Gasteiger partial charge >= 0.3 is 0 Å². The molecule has 0 aliphatic carbocycles. The monoisotopic (exact) mass is 313 g/mol. The lowest BCUT2D eigenvalue weighted by atomic mass is 10.1. The van der Waals surface area contributed by atoms with Crippen LogP contribution in [0.4, 0.5) is 15.8 Å². The molecule has 0 saturated carbocycles. The summed E-state index contributed by atoms with van der Waals surface area (Å²) in [5, 5.41) is 0. The molecule has 23 heavy (non-hydrogen) atoms. The van der Waals surface area contributed by atoms with Gasteiger partial charge < -0.3 is 15.5 Å². The van der Waals surface area contributed by atoms with Crippen LogP contribution in [-0.2, 0) is 0 Å². The summed E-state index contributed by atoms with van der Waals surface area (Å²) in [7, 11) is 0. The molecule has 5 heteroatoms. The normalized spacial score (nSPS) is 14.9. The van der Waals surface area contributed by atoms with E-state index in [0.29, 0.717) is 18.7 Å². The molecule has 1 fully saturated rings. The zero-order chi connectivity index (χ0) is 16.4. The van der Waals surface area contributed by atoms with Crippen molar-refractivity contribution in [3.05, 3.63) is 59.4 Å². The lowest BCUT2D eigenvalue weighted by Crippen LogP contribution is -2.48. The molecule has 2 N–H and O–H groups in total. The maximum atomic E-state index is 13.0. The van der Waals surface area contributed by atoms with Crippen LogP contribution < -0.4 is 10.6 Å². The second kappa shape index (κ2) is 6.28. The fourth-order valence-corrected chi connectivity index (χ4v) is 2.77. The van der Waals surface area contributed by atoms with Crippen molar-refractivity contribution < 1.29 is 9.18 Å². The Balaban J connectivity index is 1.64. The van der Waals surface area contributed by atoms with E-state index in [1.54, 1.807) is 4.90 Å². The summed E-state index contributed by atoms with van der Waals surface area (Å²) in [6.07, 6.45) is 0. The van der Waals surface area contributed by atoms with Gasteiger partial charge in [0.15, 0.2) is 0 Å². The van der Waals surface area contributed by atoms with Crippen molar-refractivity contribution in [1.29, 1.82) is 0 Å². The molecular weight excluding hydrogens is 293 g/mol. The van der Waals surface area contributed by atoms with Gasteiger partial charge in [-0.3, -0.25) is 4.79 Å². The lowest BCUT2D eigenvalue weighted by molar-refractivity contribution is 0.0746. The van der Waals surface area contributed by atoms with Crippen molar-refractivity contribution in [2.24, 2.45) is 0 Å². The van der Waals surface area contributed by atoms with Gasteiger partial charge in [-0.25, -0.2) is 4.39 Å². The highest BCUT2D eigenvalue weighted by atomic mass is 19.1. The van der Waals surface area contributed by atoms with Crippen molar-refractivity contribution in [1.82, 2.24) is 4.90 Å². The molecule has 2 aromatic carbocycles. The van der Waals surface area contributed by atoms with E-state index < -0.39 is 0 Å². The molecule has 1 heterocycles. The Morgan fingerprint density at radius 1 is 1.04 bits per heavy atom. The average molecular weight is 313 g/mol. The predicted molar refractivity (Wildman–Crippen MR) is 90.1 cm³/mol. The number of benzene rings is 2. The number of piperazine rings is 1. The Kier molecular flexibility index (Phi) is 4.19. The van der Waals surface area contributed by atoms with Crippen LogP contribution in [0.25, 0.3) is 0 Å². The Morgan fingerprint density at radius 3 is 2.30 bits per heavy atom. The van der Waals surface area contributed by atoms with Crippen LogP contribution >= 0.6 is 0 Å². The largest absolute Gasteiger partial charge is 0.398 e. The summed E-state index contributed by atoms with van der Waals surface area (Å²) in [5.41, 5.74) is 9.43. The smallest absolute Gasteiger partial charge is 0.253 e. The Hall–Kier alpha value is -2.56. The molecule has 0 unspecified atom stereocenters. The van der Waals surface area contributed by atoms with Gasteiger partial charge in [-0.2, -0.15) is 0 Å². The van der Waals surface area contributed by atoms with E-state index in [9.17, 15) is 9.18 Å². The maximum Gasteiger partial charge on any atom is 0.253 e. The number of nitrogens with zero attached hydrogens (tertiary/aromatic N) is 2. The first-order chi connectivity index (χ1) is 11.0. The summed E-state index contributed by atoms with van der Waals surface area (Å²) in [4.78, 5) is 16.5. The Labute approximate surface area is 135 Å². The number of nitrogens with two attached hydrogens (primary N) is 1. The van der Waals surface area contributed by atoms with Crippen LogP contribution in [0.15, 0.2) is 42.5 Å². The van der Waals surface area contributed by atoms with Crippen LogP contribution in [0, 0.1) is 12.7 Å². The highest BCUT2D eigenvalue weighted by molar-refractivity contribution is 5.94. The third-order valence-corrected chi connectivity index (χ3v) is 4.29. The van der Waals surface area contributed by atoms with Gasteiger partial charge in [0, 0.05) is 43.1 Å². The van der Waals surface area contributed by atoms with Gasteiger partial charge in [0.2, 0.25) is 0 Å². The number of hydrogen-bond acceptors (Lipinski definition) is 3. The average Bonchev–Trinajstić information content (AvgIpc) is 2.57. The first-order valence-corrected chi connectivity index (χ1v) is 7.70. The summed E-state index contributed by atoms with van der Waals surface area (Å²) >= 11 is 0. The van der Waals surface area contributed by atoms with Gasteiger partial charge in [-0.15, -0.1) is 0 Å². The van der Waals surface area contributed by atoms with Gasteiger partial charge in [0.05, 0.1) is 0 Å². The van der Waals surface area contributed by atoms with Crippen LogP contribution in [0.2, 0.25) is 0 Å². The highest BCUT2D eigenvalue weighted by Gasteiger charge is 2.22. The fourth-order valence-electron chi connectivity index (χ4n) is 2.77. The van der Waals surface area contributed by atoms with Crippen LogP contribution in [-0.4, -0.2) is 37.0 Å². The van der Waals surface area contributed by atoms with Crippen molar-refractivity contribution in [3.8, 4) is 0 Å². The third kappa shape index (κ3) is 3.28. The molecule has 1 amide bonds. The van der Waals surface area contributed by atoms with Crippen molar-refractivity contribution >= 4 is 17.3 Å². The SMILES string of the molecule is Cc1ccc(N2CCN(C(=O)c3ccc(F)cc3)CC2)cc1N. The van der Waals surface area contributed by atoms with Gasteiger partial charge in [0.25, 0.3) is 5.91 Å². The minimum Gasteiger partial charge on any atom is -0.398 e. The molecular formula is C18H20FN3O. The van der Waals surface area contributed by atoms with E-state index in [0.717, 1.165) is 30.0 Å². The summed E-state index contributed by atoms with van der Waals surface area (Å²) < 4.78 is 13.0. The van der Waals surface area contributed by atoms with Crippen LogP contribution in [0.5, 0.6) is 0 Å². The molecule has 1 aliphatic rings. The molecule has 0 bridgehead atoms. The second-order valence-corrected chi connectivity index (χ2v) is 5.83. The molecule has 4 nitrogen and oxygen atoms in total. The minimum absolute atomic E-state index is 0.0481. The van der Waals surface area contributed by atoms with Crippen molar-refractivity contribution in [2.75, 3.05) is 36.8 Å². The van der Waals surface area contributed by atoms with Crippen LogP contribution in [0.1, 0.15) is 15.9 Å². The van der Waals surface area contributed by atoms with E-state index in [1.165, 1.54) is 24.3 Å². The Morgan fingerprint density at radius 2 is 1.70 bits per heavy atom. The minimum atomic E-state index is -0.330. The number of anilines is 2. The van der Waals surface area contributed by atoms with Gasteiger partial charge in [0.1, 0.15) is 5.82 Å². The van der Waals surface area contributed by atoms with E-state index in [4.69, 9.17) is 5.73 Å². The van der Waals surface area contributed by atoms with Gasteiger partial charge in [-0.1, -0.05) is 6.07 Å². The zero-order valence-electron chi connectivity index (χ0n) is 13.1. The summed E-state index contributed by atoms with van der Waals surface area (Å²) in [6.45, 7) is 4.79. The highest BCUT2D eigenvalue weighted by Crippen LogP contribution is 2.22. The molecule has 120 valence electrons. The number of amides is 1. The van der Waals surface area contributed by atoms with Crippen molar-refractivity contribution in [3.63, 3.8) is 0 Å². The molecule has 0 atom stereocenters. The predicted octanol–water partition coefficient (Wildman–Crippen LogP) is 2.68. The topological polar surface area (TPSA) is 49.6 Å². The van der Waals surface area contributed by atoms with Gasteiger partial charge in [-0.05, 0) is 48.9 Å². The van der Waals surface area contributed by atoms with E-state index in [2.05, 4.69) is 11.0 Å². The number of hydrogen-bond donors (Lipinski definition) is 1. The maximum absolute atomic E-state index is 13.0. The molecule has 1 saturated heterocycles. The molecule has 3 rings (SSSR count). The lowest BCUT2D eigenvalue weighted by Gasteiger charge is -2.36. The second-order valence-electron chi connectivity index (χ2n) is 5.83. The number of rotatable bonds is 2. The quantitative estimate of drug-likeness (QED) is 0.867. The fraction of sp³-hybridized carbons (Fsp3) is 0.278. The number of carbonyl (C=O) groups excluding carboxylic acids is 1. The van der Waals surface area contributed by atoms with E-state index in [-0.39, 0.29) is 11.7 Å².